The monoisotopic (exact) mass is 218 g/mol. The van der Waals surface area contributed by atoms with Crippen LogP contribution in [0.2, 0.25) is 0 Å². The van der Waals surface area contributed by atoms with Crippen LogP contribution in [-0.2, 0) is 0 Å². The zero-order chi connectivity index (χ0) is 11.7. The van der Waals surface area contributed by atoms with Gasteiger partial charge in [-0.15, -0.1) is 0 Å². The standard InChI is InChI=1S/C14H22N2/c1-10-6-7-12(11(2)9-10)14-13(15)5-4-8-16(14)3/h6-7,9,13-14H,4-5,8,15H2,1-3H3. The Morgan fingerprint density at radius 1 is 1.31 bits per heavy atom. The first kappa shape index (κ1) is 11.6. The lowest BCUT2D eigenvalue weighted by Gasteiger charge is -2.38. The summed E-state index contributed by atoms with van der Waals surface area (Å²) in [6.07, 6.45) is 2.36. The lowest BCUT2D eigenvalue weighted by atomic mass is 9.88. The van der Waals surface area contributed by atoms with E-state index in [1.54, 1.807) is 0 Å². The number of aryl methyl sites for hydroxylation is 2. The lowest BCUT2D eigenvalue weighted by molar-refractivity contribution is 0.162. The molecule has 2 nitrogen and oxygen atoms in total. The van der Waals surface area contributed by atoms with E-state index in [4.69, 9.17) is 5.73 Å². The predicted octanol–water partition coefficient (Wildman–Crippen LogP) is 2.40. The van der Waals surface area contributed by atoms with Crippen LogP contribution in [0.4, 0.5) is 0 Å². The molecule has 2 atom stereocenters. The zero-order valence-corrected chi connectivity index (χ0v) is 10.5. The van der Waals surface area contributed by atoms with Gasteiger partial charge in [0.1, 0.15) is 0 Å². The molecule has 1 heterocycles. The Morgan fingerprint density at radius 2 is 2.06 bits per heavy atom. The molecular formula is C14H22N2. The second-order valence-electron chi connectivity index (χ2n) is 5.09. The number of likely N-dealkylation sites (N-methyl/N-ethyl adjacent to an activating group) is 1. The summed E-state index contributed by atoms with van der Waals surface area (Å²) < 4.78 is 0. The molecule has 1 aliphatic heterocycles. The van der Waals surface area contributed by atoms with Crippen LogP contribution >= 0.6 is 0 Å². The molecular weight excluding hydrogens is 196 g/mol. The number of likely N-dealkylation sites (tertiary alicyclic amines) is 1. The number of hydrogen-bond acceptors (Lipinski definition) is 2. The quantitative estimate of drug-likeness (QED) is 0.784. The Hall–Kier alpha value is -0.860. The third-order valence-corrected chi connectivity index (χ3v) is 3.67. The smallest absolute Gasteiger partial charge is 0.0498 e. The van der Waals surface area contributed by atoms with Crippen LogP contribution in [-0.4, -0.2) is 24.5 Å². The van der Waals surface area contributed by atoms with Crippen molar-refractivity contribution < 1.29 is 0 Å². The van der Waals surface area contributed by atoms with E-state index < -0.39 is 0 Å². The lowest BCUT2D eigenvalue weighted by Crippen LogP contribution is -2.44. The van der Waals surface area contributed by atoms with Crippen molar-refractivity contribution in [1.82, 2.24) is 4.90 Å². The van der Waals surface area contributed by atoms with Crippen LogP contribution in [0.1, 0.15) is 35.6 Å². The van der Waals surface area contributed by atoms with Crippen LogP contribution < -0.4 is 5.73 Å². The van der Waals surface area contributed by atoms with Gasteiger partial charge in [0, 0.05) is 12.1 Å². The molecule has 0 aliphatic carbocycles. The summed E-state index contributed by atoms with van der Waals surface area (Å²) in [7, 11) is 2.18. The summed E-state index contributed by atoms with van der Waals surface area (Å²) in [4.78, 5) is 2.39. The highest BCUT2D eigenvalue weighted by Crippen LogP contribution is 2.31. The van der Waals surface area contributed by atoms with Gasteiger partial charge in [-0.05, 0) is 51.4 Å². The average molecular weight is 218 g/mol. The molecule has 0 amide bonds. The van der Waals surface area contributed by atoms with Crippen LogP contribution in [0, 0.1) is 13.8 Å². The topological polar surface area (TPSA) is 29.3 Å². The number of piperidine rings is 1. The van der Waals surface area contributed by atoms with E-state index in [0.717, 1.165) is 13.0 Å². The van der Waals surface area contributed by atoms with Gasteiger partial charge in [-0.1, -0.05) is 23.8 Å². The molecule has 0 radical (unpaired) electrons. The maximum absolute atomic E-state index is 6.27. The molecule has 1 fully saturated rings. The Labute approximate surface area is 98.4 Å². The molecule has 2 unspecified atom stereocenters. The van der Waals surface area contributed by atoms with Crippen molar-refractivity contribution in [1.29, 1.82) is 0 Å². The molecule has 0 aromatic heterocycles. The number of nitrogens with two attached hydrogens (primary N) is 1. The predicted molar refractivity (Wildman–Crippen MR) is 68.5 cm³/mol. The summed E-state index contributed by atoms with van der Waals surface area (Å²) >= 11 is 0. The Kier molecular flexibility index (Phi) is 3.31. The third-order valence-electron chi connectivity index (χ3n) is 3.67. The minimum atomic E-state index is 0.278. The molecule has 88 valence electrons. The molecule has 1 aliphatic rings. The third kappa shape index (κ3) is 2.13. The van der Waals surface area contributed by atoms with E-state index in [-0.39, 0.29) is 6.04 Å². The van der Waals surface area contributed by atoms with E-state index in [1.807, 2.05) is 0 Å². The van der Waals surface area contributed by atoms with Crippen molar-refractivity contribution in [3.05, 3.63) is 34.9 Å². The highest BCUT2D eigenvalue weighted by molar-refractivity contribution is 5.34. The van der Waals surface area contributed by atoms with Crippen molar-refractivity contribution in [2.45, 2.75) is 38.8 Å². The molecule has 0 saturated carbocycles. The maximum Gasteiger partial charge on any atom is 0.0498 e. The van der Waals surface area contributed by atoms with E-state index in [2.05, 4.69) is 44.0 Å². The summed E-state index contributed by atoms with van der Waals surface area (Å²) in [6.45, 7) is 5.49. The van der Waals surface area contributed by atoms with Gasteiger partial charge < -0.3 is 5.73 Å². The maximum atomic E-state index is 6.27. The van der Waals surface area contributed by atoms with Gasteiger partial charge in [-0.25, -0.2) is 0 Å². The molecule has 1 aromatic carbocycles. The van der Waals surface area contributed by atoms with Gasteiger partial charge in [-0.3, -0.25) is 4.90 Å². The second kappa shape index (κ2) is 4.56. The minimum absolute atomic E-state index is 0.278. The van der Waals surface area contributed by atoms with Crippen molar-refractivity contribution in [2.24, 2.45) is 5.73 Å². The molecule has 2 rings (SSSR count). The Balaban J connectivity index is 2.34. The largest absolute Gasteiger partial charge is 0.326 e. The van der Waals surface area contributed by atoms with Gasteiger partial charge in [0.25, 0.3) is 0 Å². The van der Waals surface area contributed by atoms with Gasteiger partial charge >= 0.3 is 0 Å². The van der Waals surface area contributed by atoms with Gasteiger partial charge in [0.05, 0.1) is 0 Å². The fraction of sp³-hybridized carbons (Fsp3) is 0.571. The normalized spacial score (nSPS) is 27.0. The van der Waals surface area contributed by atoms with Crippen LogP contribution in [0.25, 0.3) is 0 Å². The van der Waals surface area contributed by atoms with Crippen LogP contribution in [0.15, 0.2) is 18.2 Å². The van der Waals surface area contributed by atoms with Crippen LogP contribution in [0.3, 0.4) is 0 Å². The molecule has 16 heavy (non-hydrogen) atoms. The van der Waals surface area contributed by atoms with Gasteiger partial charge in [0.15, 0.2) is 0 Å². The highest BCUT2D eigenvalue weighted by Gasteiger charge is 2.28. The van der Waals surface area contributed by atoms with E-state index >= 15 is 0 Å². The van der Waals surface area contributed by atoms with Crippen molar-refractivity contribution >= 4 is 0 Å². The fourth-order valence-corrected chi connectivity index (χ4v) is 2.83. The van der Waals surface area contributed by atoms with E-state index in [9.17, 15) is 0 Å². The first-order chi connectivity index (χ1) is 7.59. The minimum Gasteiger partial charge on any atom is -0.326 e. The number of benzene rings is 1. The molecule has 1 saturated heterocycles. The summed E-state index contributed by atoms with van der Waals surface area (Å²) in [5.74, 6) is 0. The average Bonchev–Trinajstić information content (AvgIpc) is 2.20. The fourth-order valence-electron chi connectivity index (χ4n) is 2.83. The second-order valence-corrected chi connectivity index (χ2v) is 5.09. The highest BCUT2D eigenvalue weighted by atomic mass is 15.2. The van der Waals surface area contributed by atoms with Gasteiger partial charge in [0.2, 0.25) is 0 Å². The summed E-state index contributed by atoms with van der Waals surface area (Å²) in [6, 6.07) is 7.37. The summed E-state index contributed by atoms with van der Waals surface area (Å²) in [5.41, 5.74) is 10.4. The molecule has 0 spiro atoms. The van der Waals surface area contributed by atoms with E-state index in [0.29, 0.717) is 6.04 Å². The number of rotatable bonds is 1. The SMILES string of the molecule is Cc1ccc(C2C(N)CCCN2C)c(C)c1. The van der Waals surface area contributed by atoms with Crippen molar-refractivity contribution in [3.63, 3.8) is 0 Å². The molecule has 2 heteroatoms. The summed E-state index contributed by atoms with van der Waals surface area (Å²) in [5, 5.41) is 0. The zero-order valence-electron chi connectivity index (χ0n) is 10.5. The molecule has 0 bridgehead atoms. The first-order valence-electron chi connectivity index (χ1n) is 6.12. The Morgan fingerprint density at radius 3 is 2.69 bits per heavy atom. The Bertz CT molecular complexity index is 363. The van der Waals surface area contributed by atoms with Crippen molar-refractivity contribution in [3.8, 4) is 0 Å². The van der Waals surface area contributed by atoms with Gasteiger partial charge in [-0.2, -0.15) is 0 Å². The first-order valence-corrected chi connectivity index (χ1v) is 6.12. The van der Waals surface area contributed by atoms with E-state index in [1.165, 1.54) is 23.1 Å². The number of nitrogens with zero attached hydrogens (tertiary/aromatic N) is 1. The molecule has 1 aromatic rings. The van der Waals surface area contributed by atoms with Crippen molar-refractivity contribution in [2.75, 3.05) is 13.6 Å². The number of hydrogen-bond donors (Lipinski definition) is 1. The molecule has 2 N–H and O–H groups in total. The van der Waals surface area contributed by atoms with Crippen LogP contribution in [0.5, 0.6) is 0 Å².